The third-order valence-electron chi connectivity index (χ3n) is 1.88. The number of unbranched alkanes of at least 4 members (excludes halogenated alkanes) is 3. The molecule has 0 aromatic heterocycles. The van der Waals surface area contributed by atoms with Gasteiger partial charge in [0, 0.05) is 6.42 Å². The third kappa shape index (κ3) is 11.5. The summed E-state index contributed by atoms with van der Waals surface area (Å²) in [6.07, 6.45) is 4.92. The Morgan fingerprint density at radius 2 is 1.92 bits per heavy atom. The molecule has 0 aliphatic rings. The summed E-state index contributed by atoms with van der Waals surface area (Å²) in [5, 5.41) is 3.44. The second kappa shape index (κ2) is 9.61. The molecule has 0 spiro atoms. The molecule has 0 saturated heterocycles. The van der Waals surface area contributed by atoms with Crippen LogP contribution < -0.4 is 5.32 Å². The molecule has 0 heterocycles. The topological polar surface area (TPSA) is 12.0 Å². The van der Waals surface area contributed by atoms with Crippen LogP contribution in [0.1, 0.15) is 46.5 Å². The van der Waals surface area contributed by atoms with Crippen LogP contribution in [0.4, 0.5) is 0 Å². The molecule has 1 nitrogen and oxygen atoms in total. The number of hydrogen-bond acceptors (Lipinski definition) is 1. The van der Waals surface area contributed by atoms with Crippen LogP contribution in [0.25, 0.3) is 0 Å². The van der Waals surface area contributed by atoms with Gasteiger partial charge in [0.15, 0.2) is 0 Å². The van der Waals surface area contributed by atoms with Gasteiger partial charge in [0.25, 0.3) is 0 Å². The average molecular weight is 181 g/mol. The molecule has 0 aromatic rings. The smallest absolute Gasteiger partial charge is 0.00885 e. The van der Waals surface area contributed by atoms with Crippen molar-refractivity contribution in [1.29, 1.82) is 0 Å². The fraction of sp³-hybridized carbons (Fsp3) is 0.833. The highest BCUT2D eigenvalue weighted by Gasteiger charge is 1.92. The van der Waals surface area contributed by atoms with Gasteiger partial charge in [-0.05, 0) is 38.8 Å². The Labute approximate surface area is 83.3 Å². The van der Waals surface area contributed by atoms with Crippen molar-refractivity contribution < 1.29 is 0 Å². The van der Waals surface area contributed by atoms with E-state index in [4.69, 9.17) is 0 Å². The zero-order chi connectivity index (χ0) is 9.94. The van der Waals surface area contributed by atoms with E-state index in [1.165, 1.54) is 19.3 Å². The van der Waals surface area contributed by atoms with Crippen LogP contribution in [0.3, 0.4) is 0 Å². The maximum Gasteiger partial charge on any atom is 0.00885 e. The van der Waals surface area contributed by atoms with E-state index < -0.39 is 0 Å². The lowest BCUT2D eigenvalue weighted by Gasteiger charge is -2.06. The van der Waals surface area contributed by atoms with Crippen LogP contribution in [0.2, 0.25) is 0 Å². The minimum atomic E-state index is 0.769. The Hall–Kier alpha value is -0.480. The van der Waals surface area contributed by atoms with Crippen LogP contribution in [-0.2, 0) is 0 Å². The van der Waals surface area contributed by atoms with E-state index in [1.54, 1.807) is 0 Å². The molecule has 0 amide bonds. The lowest BCUT2D eigenvalue weighted by atomic mass is 10.2. The van der Waals surface area contributed by atoms with Crippen molar-refractivity contribution in [1.82, 2.24) is 5.32 Å². The first-order valence-electron chi connectivity index (χ1n) is 5.37. The highest BCUT2D eigenvalue weighted by Crippen LogP contribution is 1.97. The number of rotatable bonds is 7. The molecule has 1 N–H and O–H groups in total. The van der Waals surface area contributed by atoms with E-state index >= 15 is 0 Å². The van der Waals surface area contributed by atoms with Crippen molar-refractivity contribution in [2.75, 3.05) is 13.1 Å². The lowest BCUT2D eigenvalue weighted by molar-refractivity contribution is 0.531. The largest absolute Gasteiger partial charge is 0.316 e. The molecule has 0 atom stereocenters. The predicted molar refractivity (Wildman–Crippen MR) is 59.6 cm³/mol. The standard InChI is InChI=1S/C12H23N/c1-4-5-6-7-8-9-10-13-11-12(2)3/h12-13H,6-11H2,1-3H3. The van der Waals surface area contributed by atoms with Crippen LogP contribution in [-0.4, -0.2) is 13.1 Å². The summed E-state index contributed by atoms with van der Waals surface area (Å²) < 4.78 is 0. The molecular weight excluding hydrogens is 158 g/mol. The van der Waals surface area contributed by atoms with Crippen molar-refractivity contribution in [2.45, 2.75) is 46.5 Å². The number of nitrogens with one attached hydrogen (secondary N) is 1. The van der Waals surface area contributed by atoms with E-state index in [1.807, 2.05) is 6.92 Å². The van der Waals surface area contributed by atoms with E-state index in [-0.39, 0.29) is 0 Å². The molecule has 0 radical (unpaired) electrons. The van der Waals surface area contributed by atoms with Gasteiger partial charge in [-0.1, -0.05) is 20.3 Å². The summed E-state index contributed by atoms with van der Waals surface area (Å²) in [5.41, 5.74) is 0. The van der Waals surface area contributed by atoms with E-state index in [0.29, 0.717) is 0 Å². The van der Waals surface area contributed by atoms with Crippen molar-refractivity contribution in [3.8, 4) is 11.8 Å². The van der Waals surface area contributed by atoms with Gasteiger partial charge in [-0.3, -0.25) is 0 Å². The molecule has 76 valence electrons. The quantitative estimate of drug-likeness (QED) is 0.470. The molecular formula is C12H23N. The fourth-order valence-corrected chi connectivity index (χ4v) is 1.16. The minimum absolute atomic E-state index is 0.769. The van der Waals surface area contributed by atoms with E-state index in [9.17, 15) is 0 Å². The van der Waals surface area contributed by atoms with E-state index in [0.717, 1.165) is 25.4 Å². The van der Waals surface area contributed by atoms with Gasteiger partial charge in [-0.15, -0.1) is 11.8 Å². The maximum absolute atomic E-state index is 3.44. The lowest BCUT2D eigenvalue weighted by Crippen LogP contribution is -2.20. The Bertz CT molecular complexity index is 150. The highest BCUT2D eigenvalue weighted by atomic mass is 14.8. The molecule has 0 saturated carbocycles. The first-order valence-corrected chi connectivity index (χ1v) is 5.37. The number of hydrogen-bond donors (Lipinski definition) is 1. The predicted octanol–water partition coefficient (Wildman–Crippen LogP) is 2.82. The summed E-state index contributed by atoms with van der Waals surface area (Å²) in [6, 6.07) is 0. The highest BCUT2D eigenvalue weighted by molar-refractivity contribution is 4.94. The Kier molecular flexibility index (Phi) is 9.25. The fourth-order valence-electron chi connectivity index (χ4n) is 1.16. The molecule has 0 aliphatic carbocycles. The van der Waals surface area contributed by atoms with Crippen LogP contribution in [0, 0.1) is 17.8 Å². The minimum Gasteiger partial charge on any atom is -0.316 e. The summed E-state index contributed by atoms with van der Waals surface area (Å²) >= 11 is 0. The SMILES string of the molecule is CC#CCCCCCNCC(C)C. The zero-order valence-corrected chi connectivity index (χ0v) is 9.32. The van der Waals surface area contributed by atoms with Gasteiger partial charge < -0.3 is 5.32 Å². The molecule has 0 bridgehead atoms. The van der Waals surface area contributed by atoms with Crippen LogP contribution in [0.15, 0.2) is 0 Å². The molecule has 0 unspecified atom stereocenters. The molecule has 0 aromatic carbocycles. The summed E-state index contributed by atoms with van der Waals surface area (Å²) in [7, 11) is 0. The van der Waals surface area contributed by atoms with Crippen molar-refractivity contribution in [3.05, 3.63) is 0 Å². The van der Waals surface area contributed by atoms with Crippen molar-refractivity contribution >= 4 is 0 Å². The summed E-state index contributed by atoms with van der Waals surface area (Å²) in [5.74, 6) is 6.78. The normalized spacial score (nSPS) is 9.85. The first-order chi connectivity index (χ1) is 6.27. The second-order valence-corrected chi connectivity index (χ2v) is 3.84. The Balaban J connectivity index is 2.94. The zero-order valence-electron chi connectivity index (χ0n) is 9.32. The van der Waals surface area contributed by atoms with Gasteiger partial charge in [-0.25, -0.2) is 0 Å². The maximum atomic E-state index is 3.44. The molecule has 0 fully saturated rings. The van der Waals surface area contributed by atoms with Crippen molar-refractivity contribution in [2.24, 2.45) is 5.92 Å². The third-order valence-corrected chi connectivity index (χ3v) is 1.88. The molecule has 1 heteroatoms. The Morgan fingerprint density at radius 1 is 1.15 bits per heavy atom. The second-order valence-electron chi connectivity index (χ2n) is 3.84. The average Bonchev–Trinajstić information content (AvgIpc) is 2.09. The van der Waals surface area contributed by atoms with E-state index in [2.05, 4.69) is 31.0 Å². The van der Waals surface area contributed by atoms with Crippen LogP contribution in [0.5, 0.6) is 0 Å². The first kappa shape index (κ1) is 12.5. The summed E-state index contributed by atoms with van der Waals surface area (Å²) in [4.78, 5) is 0. The molecule has 0 aliphatic heterocycles. The molecule has 13 heavy (non-hydrogen) atoms. The van der Waals surface area contributed by atoms with Crippen LogP contribution >= 0.6 is 0 Å². The van der Waals surface area contributed by atoms with Gasteiger partial charge in [0.1, 0.15) is 0 Å². The molecule has 0 rings (SSSR count). The van der Waals surface area contributed by atoms with Gasteiger partial charge in [0.2, 0.25) is 0 Å². The Morgan fingerprint density at radius 3 is 2.54 bits per heavy atom. The monoisotopic (exact) mass is 181 g/mol. The van der Waals surface area contributed by atoms with Gasteiger partial charge in [-0.2, -0.15) is 0 Å². The van der Waals surface area contributed by atoms with Gasteiger partial charge in [0.05, 0.1) is 0 Å². The van der Waals surface area contributed by atoms with Crippen molar-refractivity contribution in [3.63, 3.8) is 0 Å². The van der Waals surface area contributed by atoms with Gasteiger partial charge >= 0.3 is 0 Å². The summed E-state index contributed by atoms with van der Waals surface area (Å²) in [6.45, 7) is 8.70.